The molecule has 3 aromatic rings. The Morgan fingerprint density at radius 2 is 2.04 bits per heavy atom. The quantitative estimate of drug-likeness (QED) is 0.711. The highest BCUT2D eigenvalue weighted by Crippen LogP contribution is 2.26. The molecule has 3 heterocycles. The van der Waals surface area contributed by atoms with Gasteiger partial charge in [-0.3, -0.25) is 0 Å². The molecule has 0 radical (unpaired) electrons. The highest BCUT2D eigenvalue weighted by atomic mass is 19.1. The van der Waals surface area contributed by atoms with Gasteiger partial charge in [0.05, 0.1) is 11.4 Å². The molecule has 0 saturated carbocycles. The summed E-state index contributed by atoms with van der Waals surface area (Å²) in [6, 6.07) is 11.0. The Bertz CT molecular complexity index is 895. The average Bonchev–Trinajstić information content (AvgIpc) is 2.94. The zero-order valence-corrected chi connectivity index (χ0v) is 13.0. The van der Waals surface area contributed by atoms with E-state index in [0.29, 0.717) is 0 Å². The van der Waals surface area contributed by atoms with E-state index >= 15 is 0 Å². The molecule has 3 nitrogen and oxygen atoms in total. The van der Waals surface area contributed by atoms with E-state index in [1.165, 1.54) is 17.3 Å². The first-order valence-electron chi connectivity index (χ1n) is 7.84. The Morgan fingerprint density at radius 1 is 1.13 bits per heavy atom. The number of pyridine rings is 1. The number of halogens is 1. The van der Waals surface area contributed by atoms with Crippen molar-refractivity contribution in [1.82, 2.24) is 9.38 Å². The van der Waals surface area contributed by atoms with Crippen LogP contribution in [0.1, 0.15) is 17.7 Å². The van der Waals surface area contributed by atoms with E-state index in [-0.39, 0.29) is 5.82 Å². The molecule has 0 atom stereocenters. The summed E-state index contributed by atoms with van der Waals surface area (Å²) in [6.07, 6.45) is 7.28. The molecule has 0 fully saturated rings. The molecule has 0 saturated heterocycles. The molecule has 116 valence electrons. The Labute approximate surface area is 134 Å². The number of rotatable bonds is 2. The zero-order valence-electron chi connectivity index (χ0n) is 13.0. The van der Waals surface area contributed by atoms with Crippen LogP contribution in [-0.4, -0.2) is 22.5 Å². The standard InChI is InChI=1S/C19H18FN3/c1-14-12-23-13-18(5-6-19(23)21-14)22-9-7-15(8-10-22)16-3-2-4-17(20)11-16/h2-7,11-13H,8-10H2,1H3. The highest BCUT2D eigenvalue weighted by molar-refractivity contribution is 5.69. The van der Waals surface area contributed by atoms with Gasteiger partial charge in [-0.15, -0.1) is 0 Å². The van der Waals surface area contributed by atoms with Crippen LogP contribution in [0.25, 0.3) is 11.2 Å². The molecule has 0 unspecified atom stereocenters. The fourth-order valence-corrected chi connectivity index (χ4v) is 3.15. The number of hydrogen-bond donors (Lipinski definition) is 0. The summed E-state index contributed by atoms with van der Waals surface area (Å²) in [5.74, 6) is -0.174. The molecular formula is C19H18FN3. The van der Waals surface area contributed by atoms with Crippen molar-refractivity contribution < 1.29 is 4.39 Å². The second kappa shape index (κ2) is 5.54. The number of fused-ring (bicyclic) bond motifs is 1. The van der Waals surface area contributed by atoms with E-state index < -0.39 is 0 Å². The first-order valence-corrected chi connectivity index (χ1v) is 7.84. The van der Waals surface area contributed by atoms with E-state index in [9.17, 15) is 4.39 Å². The third-order valence-electron chi connectivity index (χ3n) is 4.33. The van der Waals surface area contributed by atoms with Gasteiger partial charge < -0.3 is 9.30 Å². The second-order valence-electron chi connectivity index (χ2n) is 5.97. The third kappa shape index (κ3) is 2.72. The first-order chi connectivity index (χ1) is 11.2. The molecule has 0 spiro atoms. The van der Waals surface area contributed by atoms with Gasteiger partial charge in [0.15, 0.2) is 0 Å². The topological polar surface area (TPSA) is 20.5 Å². The van der Waals surface area contributed by atoms with Crippen LogP contribution >= 0.6 is 0 Å². The number of hydrogen-bond acceptors (Lipinski definition) is 2. The molecular weight excluding hydrogens is 289 g/mol. The maximum absolute atomic E-state index is 13.4. The van der Waals surface area contributed by atoms with Crippen molar-refractivity contribution in [2.75, 3.05) is 18.0 Å². The number of nitrogens with zero attached hydrogens (tertiary/aromatic N) is 3. The summed E-state index contributed by atoms with van der Waals surface area (Å²) >= 11 is 0. The minimum absolute atomic E-state index is 0.174. The lowest BCUT2D eigenvalue weighted by atomic mass is 9.99. The van der Waals surface area contributed by atoms with E-state index in [4.69, 9.17) is 0 Å². The lowest BCUT2D eigenvalue weighted by molar-refractivity contribution is 0.627. The van der Waals surface area contributed by atoms with E-state index in [1.807, 2.05) is 25.3 Å². The molecule has 4 rings (SSSR count). The zero-order chi connectivity index (χ0) is 15.8. The smallest absolute Gasteiger partial charge is 0.137 e. The average molecular weight is 307 g/mol. The van der Waals surface area contributed by atoms with Gasteiger partial charge in [0.25, 0.3) is 0 Å². The molecule has 0 amide bonds. The van der Waals surface area contributed by atoms with Gasteiger partial charge in [0.2, 0.25) is 0 Å². The number of anilines is 1. The maximum atomic E-state index is 13.4. The van der Waals surface area contributed by atoms with Crippen LogP contribution in [0.4, 0.5) is 10.1 Å². The van der Waals surface area contributed by atoms with Crippen LogP contribution in [0.3, 0.4) is 0 Å². The fourth-order valence-electron chi connectivity index (χ4n) is 3.15. The number of aryl methyl sites for hydroxylation is 1. The largest absolute Gasteiger partial charge is 0.366 e. The van der Waals surface area contributed by atoms with Crippen LogP contribution in [-0.2, 0) is 0 Å². The van der Waals surface area contributed by atoms with Crippen molar-refractivity contribution in [2.45, 2.75) is 13.3 Å². The first kappa shape index (κ1) is 14.0. The van der Waals surface area contributed by atoms with Crippen LogP contribution in [0, 0.1) is 12.7 Å². The van der Waals surface area contributed by atoms with Crippen molar-refractivity contribution in [3.8, 4) is 0 Å². The van der Waals surface area contributed by atoms with Crippen molar-refractivity contribution >= 4 is 16.9 Å². The lowest BCUT2D eigenvalue weighted by Crippen LogP contribution is -2.28. The molecule has 1 aromatic carbocycles. The molecule has 0 N–H and O–H groups in total. The number of aromatic nitrogens is 2. The summed E-state index contributed by atoms with van der Waals surface area (Å²) in [7, 11) is 0. The molecule has 2 aromatic heterocycles. The van der Waals surface area contributed by atoms with Gasteiger partial charge in [0.1, 0.15) is 11.5 Å². The van der Waals surface area contributed by atoms with Crippen molar-refractivity contribution in [3.05, 3.63) is 71.9 Å². The van der Waals surface area contributed by atoms with Gasteiger partial charge in [0, 0.05) is 25.5 Å². The van der Waals surface area contributed by atoms with Crippen LogP contribution in [0.15, 0.2) is 54.9 Å². The molecule has 1 aliphatic rings. The Morgan fingerprint density at radius 3 is 2.83 bits per heavy atom. The van der Waals surface area contributed by atoms with Crippen molar-refractivity contribution in [3.63, 3.8) is 0 Å². The van der Waals surface area contributed by atoms with Gasteiger partial charge >= 0.3 is 0 Å². The molecule has 0 aliphatic carbocycles. The predicted molar refractivity (Wildman–Crippen MR) is 91.1 cm³/mol. The van der Waals surface area contributed by atoms with Crippen LogP contribution < -0.4 is 4.90 Å². The van der Waals surface area contributed by atoms with Gasteiger partial charge in [-0.2, -0.15) is 0 Å². The Kier molecular flexibility index (Phi) is 3.37. The van der Waals surface area contributed by atoms with Crippen LogP contribution in [0.5, 0.6) is 0 Å². The Balaban J connectivity index is 1.57. The lowest BCUT2D eigenvalue weighted by Gasteiger charge is -2.28. The third-order valence-corrected chi connectivity index (χ3v) is 4.33. The normalized spacial score (nSPS) is 15.0. The van der Waals surface area contributed by atoms with Crippen LogP contribution in [0.2, 0.25) is 0 Å². The summed E-state index contributed by atoms with van der Waals surface area (Å²) in [6.45, 7) is 3.77. The second-order valence-corrected chi connectivity index (χ2v) is 5.97. The van der Waals surface area contributed by atoms with Gasteiger partial charge in [-0.1, -0.05) is 18.2 Å². The summed E-state index contributed by atoms with van der Waals surface area (Å²) in [4.78, 5) is 6.79. The highest BCUT2D eigenvalue weighted by Gasteiger charge is 2.14. The minimum Gasteiger partial charge on any atom is -0.366 e. The van der Waals surface area contributed by atoms with Crippen molar-refractivity contribution in [1.29, 1.82) is 0 Å². The number of benzene rings is 1. The molecule has 1 aliphatic heterocycles. The van der Waals surface area contributed by atoms with Crippen molar-refractivity contribution in [2.24, 2.45) is 0 Å². The Hall–Kier alpha value is -2.62. The van der Waals surface area contributed by atoms with E-state index in [1.54, 1.807) is 12.1 Å². The molecule has 23 heavy (non-hydrogen) atoms. The van der Waals surface area contributed by atoms with E-state index in [2.05, 4.69) is 32.6 Å². The monoisotopic (exact) mass is 307 g/mol. The molecule has 0 bridgehead atoms. The predicted octanol–water partition coefficient (Wildman–Crippen LogP) is 4.08. The molecule has 4 heteroatoms. The summed E-state index contributed by atoms with van der Waals surface area (Å²) < 4.78 is 15.4. The SMILES string of the molecule is Cc1cn2cc(N3CC=C(c4cccc(F)c4)CC3)ccc2n1. The number of imidazole rings is 1. The van der Waals surface area contributed by atoms with E-state index in [0.717, 1.165) is 36.4 Å². The maximum Gasteiger partial charge on any atom is 0.137 e. The summed E-state index contributed by atoms with van der Waals surface area (Å²) in [5, 5.41) is 0. The van der Waals surface area contributed by atoms with Gasteiger partial charge in [-0.25, -0.2) is 9.37 Å². The summed E-state index contributed by atoms with van der Waals surface area (Å²) in [5.41, 5.74) is 5.39. The fraction of sp³-hybridized carbons (Fsp3) is 0.211. The van der Waals surface area contributed by atoms with Gasteiger partial charge in [-0.05, 0) is 48.7 Å². The minimum atomic E-state index is -0.174.